The maximum atomic E-state index is 12.5. The Kier molecular flexibility index (Phi) is 4.54. The van der Waals surface area contributed by atoms with Gasteiger partial charge in [0.05, 0.1) is 12.0 Å². The number of ether oxygens (including phenoxy) is 1. The normalized spacial score (nSPS) is 34.6. The molecule has 0 aliphatic heterocycles. The Balaban J connectivity index is 2.91. The maximum absolute atomic E-state index is 12.5. The Morgan fingerprint density at radius 2 is 1.81 bits per heavy atom. The van der Waals surface area contributed by atoms with Gasteiger partial charge >= 0.3 is 0 Å². The van der Waals surface area contributed by atoms with Crippen LogP contribution in [0.1, 0.15) is 47.0 Å². The van der Waals surface area contributed by atoms with E-state index >= 15 is 0 Å². The Hall–Kier alpha value is -0.370. The number of carbonyl (C=O) groups is 1. The molecule has 2 atom stereocenters. The van der Waals surface area contributed by atoms with Crippen LogP contribution in [0.5, 0.6) is 0 Å². The van der Waals surface area contributed by atoms with Gasteiger partial charge in [-0.2, -0.15) is 0 Å². The van der Waals surface area contributed by atoms with Crippen LogP contribution in [0.15, 0.2) is 0 Å². The van der Waals surface area contributed by atoms with Crippen LogP contribution in [0.3, 0.4) is 0 Å². The van der Waals surface area contributed by atoms with Crippen LogP contribution in [0.2, 0.25) is 0 Å². The van der Waals surface area contributed by atoms with Gasteiger partial charge in [-0.1, -0.05) is 27.7 Å². The van der Waals surface area contributed by atoms with Crippen LogP contribution in [0.4, 0.5) is 0 Å². The van der Waals surface area contributed by atoms with Crippen LogP contribution in [-0.2, 0) is 9.53 Å². The van der Waals surface area contributed by atoms with Crippen molar-refractivity contribution in [2.75, 3.05) is 13.7 Å². The second kappa shape index (κ2) is 5.31. The maximum Gasteiger partial charge on any atom is 0.142 e. The number of Topliss-reactive ketones (excluding diaryl/α,β-unsaturated/α-hetero) is 1. The molecule has 0 radical (unpaired) electrons. The summed E-state index contributed by atoms with van der Waals surface area (Å²) in [5.74, 6) is 1.80. The number of hydrogen-bond acceptors (Lipinski definition) is 2. The van der Waals surface area contributed by atoms with Crippen LogP contribution in [-0.4, -0.2) is 19.5 Å². The quantitative estimate of drug-likeness (QED) is 0.719. The Bertz CT molecular complexity index is 235. The van der Waals surface area contributed by atoms with E-state index in [0.717, 1.165) is 12.8 Å². The lowest BCUT2D eigenvalue weighted by Gasteiger charge is -2.36. The fraction of sp³-hybridized carbons (Fsp3) is 0.929. The molecule has 0 amide bonds. The van der Waals surface area contributed by atoms with Crippen molar-refractivity contribution in [3.63, 3.8) is 0 Å². The fourth-order valence-electron chi connectivity index (χ4n) is 3.22. The second-order valence-electron chi connectivity index (χ2n) is 5.87. The summed E-state index contributed by atoms with van der Waals surface area (Å²) in [5.41, 5.74) is -0.209. The third kappa shape index (κ3) is 2.32. The third-order valence-electron chi connectivity index (χ3n) is 4.29. The Morgan fingerprint density at radius 3 is 2.19 bits per heavy atom. The largest absolute Gasteiger partial charge is 0.384 e. The van der Waals surface area contributed by atoms with Crippen molar-refractivity contribution in [2.24, 2.45) is 23.2 Å². The van der Waals surface area contributed by atoms with Crippen molar-refractivity contribution in [1.82, 2.24) is 0 Å². The van der Waals surface area contributed by atoms with Crippen molar-refractivity contribution in [3.8, 4) is 0 Å². The summed E-state index contributed by atoms with van der Waals surface area (Å²) in [6.07, 6.45) is 3.01. The molecule has 1 fully saturated rings. The van der Waals surface area contributed by atoms with Crippen molar-refractivity contribution in [1.29, 1.82) is 0 Å². The van der Waals surface area contributed by atoms with Crippen LogP contribution >= 0.6 is 0 Å². The van der Waals surface area contributed by atoms with Crippen molar-refractivity contribution in [2.45, 2.75) is 47.0 Å². The molecule has 0 spiro atoms. The second-order valence-corrected chi connectivity index (χ2v) is 5.87. The standard InChI is InChI=1S/C14H26O2/c1-10(2)8-13(15)14(9-16-5)11(3)6-7-12(14)4/h10-12H,6-9H2,1-5H3. The van der Waals surface area contributed by atoms with E-state index in [9.17, 15) is 4.79 Å². The van der Waals surface area contributed by atoms with E-state index in [2.05, 4.69) is 27.7 Å². The lowest BCUT2D eigenvalue weighted by Crippen LogP contribution is -2.43. The summed E-state index contributed by atoms with van der Waals surface area (Å²) in [5, 5.41) is 0. The number of ketones is 1. The van der Waals surface area contributed by atoms with Crippen LogP contribution < -0.4 is 0 Å². The molecule has 94 valence electrons. The molecular formula is C14H26O2. The van der Waals surface area contributed by atoms with Gasteiger partial charge in [-0.3, -0.25) is 4.79 Å². The topological polar surface area (TPSA) is 26.3 Å². The fourth-order valence-corrected chi connectivity index (χ4v) is 3.22. The molecule has 1 rings (SSSR count). The molecule has 0 saturated heterocycles. The first kappa shape index (κ1) is 13.7. The van der Waals surface area contributed by atoms with E-state index in [0.29, 0.717) is 36.6 Å². The van der Waals surface area contributed by atoms with Crippen LogP contribution in [0.25, 0.3) is 0 Å². The number of carbonyl (C=O) groups excluding carboxylic acids is 1. The van der Waals surface area contributed by atoms with Crippen molar-refractivity contribution in [3.05, 3.63) is 0 Å². The van der Waals surface area contributed by atoms with E-state index in [1.54, 1.807) is 7.11 Å². The molecule has 2 heteroatoms. The Morgan fingerprint density at radius 1 is 1.31 bits per heavy atom. The molecule has 0 aromatic heterocycles. The Labute approximate surface area is 99.8 Å². The average Bonchev–Trinajstić information content (AvgIpc) is 2.46. The summed E-state index contributed by atoms with van der Waals surface area (Å²) in [6, 6.07) is 0. The molecule has 1 saturated carbocycles. The summed E-state index contributed by atoms with van der Waals surface area (Å²) in [6.45, 7) is 9.24. The predicted molar refractivity (Wildman–Crippen MR) is 66.3 cm³/mol. The molecular weight excluding hydrogens is 200 g/mol. The van der Waals surface area contributed by atoms with Crippen molar-refractivity contribution < 1.29 is 9.53 Å². The number of rotatable bonds is 5. The summed E-state index contributed by atoms with van der Waals surface area (Å²) in [7, 11) is 1.71. The molecule has 0 heterocycles. The minimum atomic E-state index is -0.209. The molecule has 2 unspecified atom stereocenters. The highest BCUT2D eigenvalue weighted by atomic mass is 16.5. The van der Waals surface area contributed by atoms with Gasteiger partial charge in [0, 0.05) is 13.5 Å². The van der Waals surface area contributed by atoms with Gasteiger partial charge in [0.15, 0.2) is 0 Å². The molecule has 0 bridgehead atoms. The van der Waals surface area contributed by atoms with Gasteiger partial charge in [-0.05, 0) is 30.6 Å². The van der Waals surface area contributed by atoms with Gasteiger partial charge in [0.2, 0.25) is 0 Å². The zero-order chi connectivity index (χ0) is 12.3. The smallest absolute Gasteiger partial charge is 0.142 e. The SMILES string of the molecule is COCC1(C(=O)CC(C)C)C(C)CCC1C. The minimum Gasteiger partial charge on any atom is -0.384 e. The van der Waals surface area contributed by atoms with Crippen molar-refractivity contribution >= 4 is 5.78 Å². The predicted octanol–water partition coefficient (Wildman–Crippen LogP) is 3.30. The highest BCUT2D eigenvalue weighted by molar-refractivity contribution is 5.86. The molecule has 16 heavy (non-hydrogen) atoms. The van der Waals surface area contributed by atoms with E-state index in [-0.39, 0.29) is 5.41 Å². The average molecular weight is 226 g/mol. The summed E-state index contributed by atoms with van der Waals surface area (Å²) < 4.78 is 5.35. The molecule has 0 aromatic carbocycles. The zero-order valence-electron chi connectivity index (χ0n) is 11.4. The number of methoxy groups -OCH3 is 1. The molecule has 2 nitrogen and oxygen atoms in total. The molecule has 0 N–H and O–H groups in total. The summed E-state index contributed by atoms with van der Waals surface area (Å²) in [4.78, 5) is 12.5. The highest BCUT2D eigenvalue weighted by Gasteiger charge is 2.50. The van der Waals surface area contributed by atoms with Gasteiger partial charge in [-0.15, -0.1) is 0 Å². The first-order chi connectivity index (χ1) is 7.45. The first-order valence-electron chi connectivity index (χ1n) is 6.47. The van der Waals surface area contributed by atoms with Gasteiger partial charge in [-0.25, -0.2) is 0 Å². The zero-order valence-corrected chi connectivity index (χ0v) is 11.4. The lowest BCUT2D eigenvalue weighted by molar-refractivity contribution is -0.138. The van der Waals surface area contributed by atoms with E-state index in [4.69, 9.17) is 4.74 Å². The molecule has 0 aromatic rings. The van der Waals surface area contributed by atoms with E-state index in [1.165, 1.54) is 0 Å². The van der Waals surface area contributed by atoms with Crippen LogP contribution in [0, 0.1) is 23.2 Å². The lowest BCUT2D eigenvalue weighted by atomic mass is 9.69. The first-order valence-corrected chi connectivity index (χ1v) is 6.47. The van der Waals surface area contributed by atoms with Gasteiger partial charge in [0.1, 0.15) is 5.78 Å². The van der Waals surface area contributed by atoms with E-state index in [1.807, 2.05) is 0 Å². The molecule has 1 aliphatic rings. The van der Waals surface area contributed by atoms with Gasteiger partial charge < -0.3 is 4.74 Å². The summed E-state index contributed by atoms with van der Waals surface area (Å²) >= 11 is 0. The minimum absolute atomic E-state index is 0.209. The molecule has 1 aliphatic carbocycles. The monoisotopic (exact) mass is 226 g/mol. The highest BCUT2D eigenvalue weighted by Crippen LogP contribution is 2.49. The third-order valence-corrected chi connectivity index (χ3v) is 4.29. The van der Waals surface area contributed by atoms with E-state index < -0.39 is 0 Å². The number of hydrogen-bond donors (Lipinski definition) is 0. The van der Waals surface area contributed by atoms with Gasteiger partial charge in [0.25, 0.3) is 0 Å².